The zero-order chi connectivity index (χ0) is 22.1. The molecule has 7 heteroatoms. The van der Waals surface area contributed by atoms with Crippen LogP contribution in [0, 0.1) is 0 Å². The molecular weight excluding hydrogens is 404 g/mol. The Morgan fingerprint density at radius 2 is 1.88 bits per heavy atom. The number of benzene rings is 1. The fraction of sp³-hybridized carbons (Fsp3) is 0.360. The Hall–Kier alpha value is -3.32. The minimum absolute atomic E-state index is 0.175. The van der Waals surface area contributed by atoms with E-state index in [4.69, 9.17) is 9.40 Å². The van der Waals surface area contributed by atoms with Crippen molar-refractivity contribution in [2.24, 2.45) is 0 Å². The lowest BCUT2D eigenvalue weighted by molar-refractivity contribution is -0.134. The van der Waals surface area contributed by atoms with E-state index in [1.54, 1.807) is 18.4 Å². The maximum Gasteiger partial charge on any atom is 0.245 e. The number of rotatable bonds is 4. The van der Waals surface area contributed by atoms with E-state index in [-0.39, 0.29) is 17.7 Å². The third kappa shape index (κ3) is 3.96. The molecule has 0 spiro atoms. The number of amides is 1. The summed E-state index contributed by atoms with van der Waals surface area (Å²) in [6.45, 7) is 4.12. The van der Waals surface area contributed by atoms with Gasteiger partial charge in [-0.1, -0.05) is 12.1 Å². The number of hydrogen-bond donors (Lipinski definition) is 1. The third-order valence-corrected chi connectivity index (χ3v) is 6.44. The van der Waals surface area contributed by atoms with Gasteiger partial charge in [-0.25, -0.2) is 4.98 Å². The van der Waals surface area contributed by atoms with Gasteiger partial charge in [0, 0.05) is 43.9 Å². The van der Waals surface area contributed by atoms with Crippen molar-refractivity contribution in [3.63, 3.8) is 0 Å². The Kier molecular flexibility index (Phi) is 5.57. The maximum absolute atomic E-state index is 13.4. The molecule has 1 N–H and O–H groups in total. The Balaban J connectivity index is 1.52. The van der Waals surface area contributed by atoms with E-state index >= 15 is 0 Å². The Morgan fingerprint density at radius 1 is 1.06 bits per heavy atom. The summed E-state index contributed by atoms with van der Waals surface area (Å²) in [6.07, 6.45) is 3.41. The molecule has 0 radical (unpaired) electrons. The van der Waals surface area contributed by atoms with E-state index < -0.39 is 0 Å². The van der Waals surface area contributed by atoms with Crippen LogP contribution in [0.3, 0.4) is 0 Å². The summed E-state index contributed by atoms with van der Waals surface area (Å²) in [7, 11) is 2.09. The van der Waals surface area contributed by atoms with Gasteiger partial charge in [-0.05, 0) is 56.3 Å². The topological polar surface area (TPSA) is 73.0 Å². The highest BCUT2D eigenvalue weighted by molar-refractivity contribution is 5.86. The molecule has 2 aromatic heterocycles. The lowest BCUT2D eigenvalue weighted by Gasteiger charge is -2.36. The number of furan rings is 1. The molecule has 32 heavy (non-hydrogen) atoms. The monoisotopic (exact) mass is 432 g/mol. The number of likely N-dealkylation sites (N-methyl/N-ethyl adjacent to an activating group) is 1. The number of carbonyl (C=O) groups is 1. The van der Waals surface area contributed by atoms with Crippen molar-refractivity contribution in [2.45, 2.75) is 18.9 Å². The predicted molar refractivity (Wildman–Crippen MR) is 123 cm³/mol. The fourth-order valence-electron chi connectivity index (χ4n) is 4.61. The lowest BCUT2D eigenvalue weighted by atomic mass is 10.1. The van der Waals surface area contributed by atoms with Crippen molar-refractivity contribution in [1.29, 1.82) is 0 Å². The van der Waals surface area contributed by atoms with Crippen LogP contribution in [0.15, 0.2) is 59.2 Å². The third-order valence-electron chi connectivity index (χ3n) is 6.44. The molecule has 5 rings (SSSR count). The first kappa shape index (κ1) is 20.6. The van der Waals surface area contributed by atoms with Gasteiger partial charge in [0.2, 0.25) is 5.91 Å². The molecule has 2 aliphatic heterocycles. The average molecular weight is 433 g/mol. The zero-order valence-electron chi connectivity index (χ0n) is 18.3. The molecule has 0 aliphatic carbocycles. The minimum atomic E-state index is -0.213. The van der Waals surface area contributed by atoms with E-state index in [2.05, 4.69) is 16.8 Å². The van der Waals surface area contributed by atoms with E-state index in [1.165, 1.54) is 0 Å². The molecule has 1 aromatic carbocycles. The second-order valence-corrected chi connectivity index (χ2v) is 8.57. The number of hydrogen-bond acceptors (Lipinski definition) is 6. The SMILES string of the molecule is CN1CCN(C(=O)[C@@H]2CCCN2c2cc(-c3ccco3)cc(-c3ccccc3O)n2)CC1. The molecule has 7 nitrogen and oxygen atoms in total. The summed E-state index contributed by atoms with van der Waals surface area (Å²) in [5.41, 5.74) is 2.18. The number of phenolic OH excluding ortho intramolecular Hbond substituents is 1. The van der Waals surface area contributed by atoms with Gasteiger partial charge in [0.25, 0.3) is 0 Å². The number of aromatic nitrogens is 1. The van der Waals surface area contributed by atoms with Gasteiger partial charge < -0.3 is 24.2 Å². The number of nitrogens with zero attached hydrogens (tertiary/aromatic N) is 4. The zero-order valence-corrected chi connectivity index (χ0v) is 18.3. The van der Waals surface area contributed by atoms with E-state index in [9.17, 15) is 9.90 Å². The molecule has 0 bridgehead atoms. The first-order valence-electron chi connectivity index (χ1n) is 11.2. The molecule has 2 aliphatic rings. The summed E-state index contributed by atoms with van der Waals surface area (Å²) < 4.78 is 5.65. The van der Waals surface area contributed by atoms with E-state index in [0.717, 1.165) is 62.7 Å². The van der Waals surface area contributed by atoms with Gasteiger partial charge in [-0.3, -0.25) is 4.79 Å². The summed E-state index contributed by atoms with van der Waals surface area (Å²) in [6, 6.07) is 14.6. The molecule has 2 saturated heterocycles. The van der Waals surface area contributed by atoms with E-state index in [0.29, 0.717) is 11.3 Å². The summed E-state index contributed by atoms with van der Waals surface area (Å²) in [5, 5.41) is 10.4. The molecular formula is C25H28N4O3. The Bertz CT molecular complexity index is 1090. The van der Waals surface area contributed by atoms with Crippen molar-refractivity contribution in [2.75, 3.05) is 44.7 Å². The van der Waals surface area contributed by atoms with Crippen molar-refractivity contribution in [3.8, 4) is 28.3 Å². The van der Waals surface area contributed by atoms with Crippen molar-refractivity contribution < 1.29 is 14.3 Å². The van der Waals surface area contributed by atoms with Crippen LogP contribution in [0.5, 0.6) is 5.75 Å². The first-order chi connectivity index (χ1) is 15.6. The maximum atomic E-state index is 13.4. The van der Waals surface area contributed by atoms with Crippen molar-refractivity contribution in [3.05, 3.63) is 54.8 Å². The molecule has 2 fully saturated rings. The van der Waals surface area contributed by atoms with Crippen LogP contribution in [0.25, 0.3) is 22.6 Å². The van der Waals surface area contributed by atoms with Crippen LogP contribution in [0.1, 0.15) is 12.8 Å². The number of phenols is 1. The molecule has 3 aromatic rings. The Labute approximate surface area is 187 Å². The summed E-state index contributed by atoms with van der Waals surface area (Å²) in [4.78, 5) is 24.6. The van der Waals surface area contributed by atoms with Crippen LogP contribution >= 0.6 is 0 Å². The first-order valence-corrected chi connectivity index (χ1v) is 11.2. The van der Waals surface area contributed by atoms with Crippen molar-refractivity contribution >= 4 is 11.7 Å². The van der Waals surface area contributed by atoms with Gasteiger partial charge in [-0.15, -0.1) is 0 Å². The average Bonchev–Trinajstić information content (AvgIpc) is 3.52. The molecule has 1 amide bonds. The quantitative estimate of drug-likeness (QED) is 0.681. The Morgan fingerprint density at radius 3 is 2.62 bits per heavy atom. The minimum Gasteiger partial charge on any atom is -0.507 e. The molecule has 0 unspecified atom stereocenters. The van der Waals surface area contributed by atoms with Crippen LogP contribution in [0.4, 0.5) is 5.82 Å². The van der Waals surface area contributed by atoms with Gasteiger partial charge in [0.15, 0.2) is 0 Å². The number of pyridine rings is 1. The second-order valence-electron chi connectivity index (χ2n) is 8.57. The number of aromatic hydroxyl groups is 1. The van der Waals surface area contributed by atoms with Gasteiger partial charge in [0.05, 0.1) is 12.0 Å². The largest absolute Gasteiger partial charge is 0.507 e. The van der Waals surface area contributed by atoms with Crippen LogP contribution < -0.4 is 4.90 Å². The highest BCUT2D eigenvalue weighted by Crippen LogP contribution is 2.35. The highest BCUT2D eigenvalue weighted by atomic mass is 16.3. The highest BCUT2D eigenvalue weighted by Gasteiger charge is 2.35. The van der Waals surface area contributed by atoms with Gasteiger partial charge in [-0.2, -0.15) is 0 Å². The lowest BCUT2D eigenvalue weighted by Crippen LogP contribution is -2.53. The van der Waals surface area contributed by atoms with Crippen molar-refractivity contribution in [1.82, 2.24) is 14.8 Å². The molecule has 1 atom stereocenters. The number of anilines is 1. The standard InChI is InChI=1S/C25H28N4O3/c1-27-11-13-28(14-12-27)25(31)21-7-4-10-29(21)24-17-18(23-9-5-15-32-23)16-20(26-24)19-6-2-3-8-22(19)30/h2-3,5-6,8-9,15-17,21,30H,4,7,10-14H2,1H3/t21-/m0/s1. The summed E-state index contributed by atoms with van der Waals surface area (Å²) >= 11 is 0. The normalized spacial score (nSPS) is 19.5. The van der Waals surface area contributed by atoms with Gasteiger partial charge in [0.1, 0.15) is 23.4 Å². The van der Waals surface area contributed by atoms with Crippen LogP contribution in [0.2, 0.25) is 0 Å². The number of para-hydroxylation sites is 1. The fourth-order valence-corrected chi connectivity index (χ4v) is 4.61. The van der Waals surface area contributed by atoms with E-state index in [1.807, 2.05) is 41.3 Å². The molecule has 4 heterocycles. The second kappa shape index (κ2) is 8.67. The number of carbonyl (C=O) groups excluding carboxylic acids is 1. The number of piperazine rings is 1. The molecule has 166 valence electrons. The van der Waals surface area contributed by atoms with Crippen LogP contribution in [-0.4, -0.2) is 71.6 Å². The molecule has 0 saturated carbocycles. The van der Waals surface area contributed by atoms with Gasteiger partial charge >= 0.3 is 0 Å². The smallest absolute Gasteiger partial charge is 0.245 e. The van der Waals surface area contributed by atoms with Crippen LogP contribution in [-0.2, 0) is 4.79 Å². The predicted octanol–water partition coefficient (Wildman–Crippen LogP) is 3.46. The summed E-state index contributed by atoms with van der Waals surface area (Å²) in [5.74, 6) is 1.83.